The van der Waals surface area contributed by atoms with Crippen molar-refractivity contribution >= 4 is 23.6 Å². The number of nitrogens with zero attached hydrogens (tertiary/aromatic N) is 2. The van der Waals surface area contributed by atoms with E-state index in [-0.39, 0.29) is 29.9 Å². The Balaban J connectivity index is 1.73. The van der Waals surface area contributed by atoms with Crippen LogP contribution in [0.1, 0.15) is 43.6 Å². The lowest BCUT2D eigenvalue weighted by molar-refractivity contribution is -0.128. The lowest BCUT2D eigenvalue weighted by atomic mass is 9.87. The van der Waals surface area contributed by atoms with Crippen molar-refractivity contribution in [2.75, 3.05) is 18.8 Å². The summed E-state index contributed by atoms with van der Waals surface area (Å²) in [4.78, 5) is 26.6. The van der Waals surface area contributed by atoms with Gasteiger partial charge in [0.15, 0.2) is 0 Å². The minimum Gasteiger partial charge on any atom is -0.342 e. The predicted molar refractivity (Wildman–Crippen MR) is 102 cm³/mol. The van der Waals surface area contributed by atoms with Crippen LogP contribution < -0.4 is 5.32 Å². The molecule has 1 fully saturated rings. The van der Waals surface area contributed by atoms with Crippen LogP contribution in [0.4, 0.5) is 0 Å². The molecule has 2 amide bonds. The standard InChI is InChI=1S/C20H23N3O2S/c21-13-17-16(15-8-4-3-5-9-15)12-18(24)22-20(17)26-14-19(25)23-10-6-1-2-7-11-23/h3-5,8-9,16H,1-2,6-7,10-12,14H2,(H,22,24)/t16-/m0/s1. The molecule has 0 spiro atoms. The highest BCUT2D eigenvalue weighted by molar-refractivity contribution is 8.03. The minimum absolute atomic E-state index is 0.0813. The molecular formula is C20H23N3O2S. The van der Waals surface area contributed by atoms with E-state index in [0.717, 1.165) is 31.5 Å². The number of nitrogens with one attached hydrogen (secondary N) is 1. The van der Waals surface area contributed by atoms with Crippen LogP contribution in [0.25, 0.3) is 0 Å². The molecule has 3 rings (SSSR count). The lowest BCUT2D eigenvalue weighted by Gasteiger charge is -2.26. The average Bonchev–Trinajstić information content (AvgIpc) is 2.96. The summed E-state index contributed by atoms with van der Waals surface area (Å²) in [6.07, 6.45) is 4.71. The van der Waals surface area contributed by atoms with Gasteiger partial charge in [-0.25, -0.2) is 0 Å². The van der Waals surface area contributed by atoms with Gasteiger partial charge in [0.2, 0.25) is 11.8 Å². The Morgan fingerprint density at radius 1 is 1.19 bits per heavy atom. The van der Waals surface area contributed by atoms with Crippen LogP contribution in [0.2, 0.25) is 0 Å². The number of amides is 2. The van der Waals surface area contributed by atoms with Crippen molar-refractivity contribution in [2.24, 2.45) is 0 Å². The highest BCUT2D eigenvalue weighted by Gasteiger charge is 2.30. The van der Waals surface area contributed by atoms with Gasteiger partial charge in [-0.05, 0) is 18.4 Å². The van der Waals surface area contributed by atoms with Gasteiger partial charge in [-0.3, -0.25) is 9.59 Å². The number of carbonyl (C=O) groups is 2. The third-order valence-electron chi connectivity index (χ3n) is 4.86. The fourth-order valence-electron chi connectivity index (χ4n) is 3.45. The molecule has 2 heterocycles. The Hall–Kier alpha value is -2.26. The van der Waals surface area contributed by atoms with Gasteiger partial charge in [0.1, 0.15) is 0 Å². The molecule has 1 aromatic rings. The first kappa shape index (κ1) is 18.5. The molecule has 0 aromatic heterocycles. The average molecular weight is 369 g/mol. The topological polar surface area (TPSA) is 73.2 Å². The molecule has 0 radical (unpaired) electrons. The molecule has 0 bridgehead atoms. The van der Waals surface area contributed by atoms with Crippen molar-refractivity contribution in [2.45, 2.75) is 38.0 Å². The third-order valence-corrected chi connectivity index (χ3v) is 5.86. The zero-order valence-electron chi connectivity index (χ0n) is 14.7. The zero-order valence-corrected chi connectivity index (χ0v) is 15.6. The van der Waals surface area contributed by atoms with Crippen molar-refractivity contribution in [3.8, 4) is 6.07 Å². The molecule has 2 aliphatic rings. The summed E-state index contributed by atoms with van der Waals surface area (Å²) < 4.78 is 0. The quantitative estimate of drug-likeness (QED) is 0.885. The maximum atomic E-state index is 12.5. The second-order valence-corrected chi connectivity index (χ2v) is 7.64. The molecule has 1 N–H and O–H groups in total. The van der Waals surface area contributed by atoms with Crippen molar-refractivity contribution in [1.82, 2.24) is 10.2 Å². The molecule has 2 aliphatic heterocycles. The summed E-state index contributed by atoms with van der Waals surface area (Å²) in [6, 6.07) is 11.9. The van der Waals surface area contributed by atoms with Gasteiger partial charge in [-0.2, -0.15) is 5.26 Å². The van der Waals surface area contributed by atoms with Gasteiger partial charge >= 0.3 is 0 Å². The molecule has 1 saturated heterocycles. The monoisotopic (exact) mass is 369 g/mol. The summed E-state index contributed by atoms with van der Waals surface area (Å²) in [5.41, 5.74) is 1.50. The first-order valence-corrected chi connectivity index (χ1v) is 10.1. The summed E-state index contributed by atoms with van der Waals surface area (Å²) in [5, 5.41) is 13.0. The number of thioether (sulfide) groups is 1. The number of hydrogen-bond acceptors (Lipinski definition) is 4. The van der Waals surface area contributed by atoms with E-state index in [4.69, 9.17) is 0 Å². The highest BCUT2D eigenvalue weighted by atomic mass is 32.2. The molecule has 0 aliphatic carbocycles. The Morgan fingerprint density at radius 2 is 1.88 bits per heavy atom. The van der Waals surface area contributed by atoms with Crippen LogP contribution in [0.5, 0.6) is 0 Å². The van der Waals surface area contributed by atoms with Crippen molar-refractivity contribution in [1.29, 1.82) is 5.26 Å². The zero-order chi connectivity index (χ0) is 18.4. The fraction of sp³-hybridized carbons (Fsp3) is 0.450. The lowest BCUT2D eigenvalue weighted by Crippen LogP contribution is -2.35. The molecule has 5 nitrogen and oxygen atoms in total. The normalized spacial score (nSPS) is 21.0. The number of carbonyl (C=O) groups excluding carboxylic acids is 2. The highest BCUT2D eigenvalue weighted by Crippen LogP contribution is 2.35. The number of likely N-dealkylation sites (tertiary alicyclic amines) is 1. The van der Waals surface area contributed by atoms with Gasteiger partial charge < -0.3 is 10.2 Å². The SMILES string of the molecule is N#CC1=C(SCC(=O)N2CCCCCC2)NC(=O)C[C@H]1c1ccccc1. The van der Waals surface area contributed by atoms with Crippen LogP contribution in [-0.2, 0) is 9.59 Å². The van der Waals surface area contributed by atoms with Crippen LogP contribution in [-0.4, -0.2) is 35.6 Å². The molecule has 0 unspecified atom stereocenters. The van der Waals surface area contributed by atoms with Crippen LogP contribution in [0.3, 0.4) is 0 Å². The number of hydrogen-bond donors (Lipinski definition) is 1. The Bertz CT molecular complexity index is 731. The molecule has 1 aromatic carbocycles. The van der Waals surface area contributed by atoms with Gasteiger partial charge in [0, 0.05) is 25.4 Å². The molecule has 0 saturated carbocycles. The van der Waals surface area contributed by atoms with Crippen molar-refractivity contribution in [3.63, 3.8) is 0 Å². The number of allylic oxidation sites excluding steroid dienone is 1. The molecule has 136 valence electrons. The van der Waals surface area contributed by atoms with Gasteiger partial charge in [0.05, 0.1) is 22.4 Å². The largest absolute Gasteiger partial charge is 0.342 e. The van der Waals surface area contributed by atoms with E-state index in [1.807, 2.05) is 35.2 Å². The second-order valence-electron chi connectivity index (χ2n) is 6.65. The summed E-state index contributed by atoms with van der Waals surface area (Å²) in [6.45, 7) is 1.62. The van der Waals surface area contributed by atoms with E-state index >= 15 is 0 Å². The predicted octanol–water partition coefficient (Wildman–Crippen LogP) is 3.16. The first-order valence-electron chi connectivity index (χ1n) is 9.08. The fourth-order valence-corrected chi connectivity index (χ4v) is 4.43. The van der Waals surface area contributed by atoms with Crippen LogP contribution >= 0.6 is 11.8 Å². The number of benzene rings is 1. The maximum Gasteiger partial charge on any atom is 0.232 e. The number of nitriles is 1. The van der Waals surface area contributed by atoms with E-state index in [2.05, 4.69) is 11.4 Å². The van der Waals surface area contributed by atoms with E-state index in [1.54, 1.807) is 0 Å². The smallest absolute Gasteiger partial charge is 0.232 e. The van der Waals surface area contributed by atoms with Crippen LogP contribution in [0.15, 0.2) is 40.9 Å². The summed E-state index contributed by atoms with van der Waals surface area (Å²) in [7, 11) is 0. The number of rotatable bonds is 4. The minimum atomic E-state index is -0.245. The molecule has 26 heavy (non-hydrogen) atoms. The van der Waals surface area contributed by atoms with Crippen molar-refractivity contribution < 1.29 is 9.59 Å². The maximum absolute atomic E-state index is 12.5. The van der Waals surface area contributed by atoms with E-state index in [9.17, 15) is 14.9 Å². The Morgan fingerprint density at radius 3 is 2.54 bits per heavy atom. The molecule has 6 heteroatoms. The molecule has 1 atom stereocenters. The van der Waals surface area contributed by atoms with Gasteiger partial charge in [-0.15, -0.1) is 0 Å². The van der Waals surface area contributed by atoms with E-state index < -0.39 is 0 Å². The van der Waals surface area contributed by atoms with E-state index in [1.165, 1.54) is 24.6 Å². The van der Waals surface area contributed by atoms with Gasteiger partial charge in [0.25, 0.3) is 0 Å². The second kappa shape index (κ2) is 8.91. The van der Waals surface area contributed by atoms with E-state index in [0.29, 0.717) is 10.6 Å². The Labute approximate surface area is 158 Å². The van der Waals surface area contributed by atoms with Crippen molar-refractivity contribution in [3.05, 3.63) is 46.5 Å². The Kier molecular flexibility index (Phi) is 6.35. The van der Waals surface area contributed by atoms with Crippen LogP contribution in [0, 0.1) is 11.3 Å². The summed E-state index contributed by atoms with van der Waals surface area (Å²) >= 11 is 1.27. The summed E-state index contributed by atoms with van der Waals surface area (Å²) in [5.74, 6) is -0.0199. The first-order chi connectivity index (χ1) is 12.7. The molecular weight excluding hydrogens is 346 g/mol. The van der Waals surface area contributed by atoms with Gasteiger partial charge in [-0.1, -0.05) is 54.9 Å². The third kappa shape index (κ3) is 4.47.